The van der Waals surface area contributed by atoms with E-state index in [1.165, 1.54) is 0 Å². The molecule has 1 fully saturated rings. The minimum Gasteiger partial charge on any atom is -0.481 e. The normalized spacial score (nSPS) is 16.2. The maximum Gasteiger partial charge on any atom is 0.306 e. The van der Waals surface area contributed by atoms with Crippen molar-refractivity contribution in [2.24, 2.45) is 11.8 Å². The molecule has 4 nitrogen and oxygen atoms in total. The predicted molar refractivity (Wildman–Crippen MR) is 73.0 cm³/mol. The van der Waals surface area contributed by atoms with Crippen molar-refractivity contribution in [3.8, 4) is 0 Å². The van der Waals surface area contributed by atoms with Gasteiger partial charge in [0.15, 0.2) is 0 Å². The van der Waals surface area contributed by atoms with Gasteiger partial charge in [-0.2, -0.15) is 0 Å². The molecule has 4 heteroatoms. The molecular formula is C15H26O4. The van der Waals surface area contributed by atoms with E-state index in [0.717, 1.165) is 64.2 Å². The Labute approximate surface area is 115 Å². The Morgan fingerprint density at radius 3 is 1.89 bits per heavy atom. The molecule has 0 spiro atoms. The molecule has 0 heterocycles. The maximum absolute atomic E-state index is 11.0. The monoisotopic (exact) mass is 270 g/mol. The van der Waals surface area contributed by atoms with Crippen molar-refractivity contribution in [2.75, 3.05) is 0 Å². The molecule has 110 valence electrons. The van der Waals surface area contributed by atoms with Crippen LogP contribution in [0.15, 0.2) is 0 Å². The highest BCUT2D eigenvalue weighted by Crippen LogP contribution is 2.39. The SMILES string of the molecule is O=C(O)CCCCCCCCCC(C(=O)O)C1CC1. The highest BCUT2D eigenvalue weighted by Gasteiger charge is 2.35. The number of carbonyl (C=O) groups is 2. The van der Waals surface area contributed by atoms with Crippen LogP contribution in [0.25, 0.3) is 0 Å². The molecule has 1 saturated carbocycles. The van der Waals surface area contributed by atoms with Gasteiger partial charge in [0.25, 0.3) is 0 Å². The highest BCUT2D eigenvalue weighted by atomic mass is 16.4. The molecule has 0 saturated heterocycles. The van der Waals surface area contributed by atoms with Gasteiger partial charge in [-0.3, -0.25) is 9.59 Å². The van der Waals surface area contributed by atoms with Crippen molar-refractivity contribution < 1.29 is 19.8 Å². The zero-order valence-corrected chi connectivity index (χ0v) is 11.6. The maximum atomic E-state index is 11.0. The van der Waals surface area contributed by atoms with Crippen LogP contribution in [0.4, 0.5) is 0 Å². The van der Waals surface area contributed by atoms with E-state index in [9.17, 15) is 9.59 Å². The van der Waals surface area contributed by atoms with E-state index in [1.54, 1.807) is 0 Å². The van der Waals surface area contributed by atoms with E-state index in [4.69, 9.17) is 10.2 Å². The van der Waals surface area contributed by atoms with Gasteiger partial charge in [0.1, 0.15) is 0 Å². The molecule has 0 radical (unpaired) electrons. The van der Waals surface area contributed by atoms with Gasteiger partial charge in [-0.15, -0.1) is 0 Å². The molecule has 1 aliphatic carbocycles. The van der Waals surface area contributed by atoms with E-state index in [2.05, 4.69) is 0 Å². The first-order valence-corrected chi connectivity index (χ1v) is 7.56. The summed E-state index contributed by atoms with van der Waals surface area (Å²) in [6, 6.07) is 0. The van der Waals surface area contributed by atoms with Crippen LogP contribution in [-0.4, -0.2) is 22.2 Å². The molecule has 0 aliphatic heterocycles. The lowest BCUT2D eigenvalue weighted by molar-refractivity contribution is -0.142. The van der Waals surface area contributed by atoms with Gasteiger partial charge in [0.05, 0.1) is 5.92 Å². The van der Waals surface area contributed by atoms with Crippen LogP contribution in [0.2, 0.25) is 0 Å². The summed E-state index contributed by atoms with van der Waals surface area (Å²) < 4.78 is 0. The second kappa shape index (κ2) is 8.94. The molecular weight excluding hydrogens is 244 g/mol. The number of carboxylic acids is 2. The van der Waals surface area contributed by atoms with Gasteiger partial charge >= 0.3 is 11.9 Å². The van der Waals surface area contributed by atoms with Crippen molar-refractivity contribution in [3.63, 3.8) is 0 Å². The minimum absolute atomic E-state index is 0.101. The predicted octanol–water partition coefficient (Wildman–Crippen LogP) is 3.69. The van der Waals surface area contributed by atoms with E-state index >= 15 is 0 Å². The second-order valence-electron chi connectivity index (χ2n) is 5.69. The number of hydrogen-bond donors (Lipinski definition) is 2. The Morgan fingerprint density at radius 1 is 0.895 bits per heavy atom. The average Bonchev–Trinajstić information content (AvgIpc) is 3.15. The molecule has 1 aliphatic rings. The Bertz CT molecular complexity index is 284. The topological polar surface area (TPSA) is 74.6 Å². The Kier molecular flexibility index (Phi) is 7.53. The largest absolute Gasteiger partial charge is 0.481 e. The van der Waals surface area contributed by atoms with Gasteiger partial charge in [-0.25, -0.2) is 0 Å². The average molecular weight is 270 g/mol. The van der Waals surface area contributed by atoms with Gasteiger partial charge in [-0.05, 0) is 31.6 Å². The van der Waals surface area contributed by atoms with Crippen LogP contribution in [0.1, 0.15) is 70.6 Å². The fraction of sp³-hybridized carbons (Fsp3) is 0.867. The second-order valence-corrected chi connectivity index (χ2v) is 5.69. The zero-order valence-electron chi connectivity index (χ0n) is 11.6. The molecule has 1 rings (SSSR count). The van der Waals surface area contributed by atoms with Crippen molar-refractivity contribution in [3.05, 3.63) is 0 Å². The van der Waals surface area contributed by atoms with Crippen molar-refractivity contribution in [2.45, 2.75) is 70.6 Å². The number of hydrogen-bond acceptors (Lipinski definition) is 2. The van der Waals surface area contributed by atoms with E-state index in [1.807, 2.05) is 0 Å². The molecule has 0 bridgehead atoms. The smallest absolute Gasteiger partial charge is 0.306 e. The van der Waals surface area contributed by atoms with Gasteiger partial charge < -0.3 is 10.2 Å². The first-order valence-electron chi connectivity index (χ1n) is 7.56. The third-order valence-corrected chi connectivity index (χ3v) is 3.91. The van der Waals surface area contributed by atoms with Crippen molar-refractivity contribution >= 4 is 11.9 Å². The van der Waals surface area contributed by atoms with Crippen LogP contribution in [0, 0.1) is 11.8 Å². The Morgan fingerprint density at radius 2 is 1.42 bits per heavy atom. The summed E-state index contributed by atoms with van der Waals surface area (Å²) in [5.41, 5.74) is 0. The number of rotatable bonds is 12. The Balaban J connectivity index is 1.87. The fourth-order valence-corrected chi connectivity index (χ4v) is 2.58. The molecule has 1 atom stereocenters. The standard InChI is InChI=1S/C15H26O4/c16-14(17)9-7-5-3-1-2-4-6-8-13(15(18)19)12-10-11-12/h12-13H,1-11H2,(H,16,17)(H,18,19). The van der Waals surface area contributed by atoms with E-state index < -0.39 is 11.9 Å². The molecule has 0 aromatic carbocycles. The first-order chi connectivity index (χ1) is 9.11. The molecule has 0 aromatic rings. The number of aliphatic carboxylic acids is 2. The quantitative estimate of drug-likeness (QED) is 0.530. The fourth-order valence-electron chi connectivity index (χ4n) is 2.58. The van der Waals surface area contributed by atoms with Crippen LogP contribution < -0.4 is 0 Å². The lowest BCUT2D eigenvalue weighted by atomic mass is 9.96. The Hall–Kier alpha value is -1.06. The molecule has 1 unspecified atom stereocenters. The van der Waals surface area contributed by atoms with E-state index in [0.29, 0.717) is 5.92 Å². The van der Waals surface area contributed by atoms with Crippen LogP contribution in [-0.2, 0) is 9.59 Å². The molecule has 0 amide bonds. The van der Waals surface area contributed by atoms with Crippen molar-refractivity contribution in [1.82, 2.24) is 0 Å². The molecule has 2 N–H and O–H groups in total. The third kappa shape index (κ3) is 7.85. The summed E-state index contributed by atoms with van der Waals surface area (Å²) in [7, 11) is 0. The van der Waals surface area contributed by atoms with E-state index in [-0.39, 0.29) is 12.3 Å². The lowest BCUT2D eigenvalue weighted by Gasteiger charge is -2.10. The number of unbranched alkanes of at least 4 members (excludes halogenated alkanes) is 6. The summed E-state index contributed by atoms with van der Waals surface area (Å²) in [5, 5.41) is 17.6. The third-order valence-electron chi connectivity index (χ3n) is 3.91. The summed E-state index contributed by atoms with van der Waals surface area (Å²) in [5.74, 6) is -0.972. The summed E-state index contributed by atoms with van der Waals surface area (Å²) >= 11 is 0. The van der Waals surface area contributed by atoms with Crippen LogP contribution in [0.5, 0.6) is 0 Å². The molecule has 19 heavy (non-hydrogen) atoms. The van der Waals surface area contributed by atoms with Crippen LogP contribution in [0.3, 0.4) is 0 Å². The highest BCUT2D eigenvalue weighted by molar-refractivity contribution is 5.70. The summed E-state index contributed by atoms with van der Waals surface area (Å²) in [6.07, 6.45) is 10.6. The zero-order chi connectivity index (χ0) is 14.1. The summed E-state index contributed by atoms with van der Waals surface area (Å²) in [4.78, 5) is 21.3. The summed E-state index contributed by atoms with van der Waals surface area (Å²) in [6.45, 7) is 0. The van der Waals surface area contributed by atoms with Gasteiger partial charge in [0, 0.05) is 6.42 Å². The minimum atomic E-state index is -0.709. The first kappa shape index (κ1) is 16.0. The van der Waals surface area contributed by atoms with Crippen LogP contribution >= 0.6 is 0 Å². The van der Waals surface area contributed by atoms with Crippen molar-refractivity contribution in [1.29, 1.82) is 0 Å². The molecule has 0 aromatic heterocycles. The lowest BCUT2D eigenvalue weighted by Crippen LogP contribution is -2.15. The number of carboxylic acid groups (broad SMARTS) is 2. The van der Waals surface area contributed by atoms with Gasteiger partial charge in [-0.1, -0.05) is 38.5 Å². The van der Waals surface area contributed by atoms with Gasteiger partial charge in [0.2, 0.25) is 0 Å².